The average Bonchev–Trinajstić information content (AvgIpc) is 4.10. The normalized spacial score (nSPS) is 13.9. The standard InChI is InChI=1S/C25H28N2O5.C24H26N2O5/c1-27-15-18(12-16-8-9-17(24(28)31-3)13-23(16)30-2)21-14-19(10-11-22(21)27)26-25(29)32-20-6-4-5-7-20;1-26-14-17(11-15-7-8-16(23(27)28)12-22(15)30-2)20-13-18(9-10-21(20)26)25-24(29)31-19-5-3-4-6-19/h8-11,13-15,20H,4-7,12H2,1-3H3,(H,26,29);7-10,12-14,19H,3-6,11H2,1-2H3,(H,25,29)(H,27,28). The highest BCUT2D eigenvalue weighted by Crippen LogP contribution is 2.32. The number of hydrogen-bond acceptors (Lipinski definition) is 9. The molecule has 2 aliphatic carbocycles. The number of nitrogens with one attached hydrogen (secondary N) is 2. The molecule has 0 saturated heterocycles. The molecule has 4 aromatic carbocycles. The molecule has 2 saturated carbocycles. The molecule has 14 nitrogen and oxygen atoms in total. The Morgan fingerprint density at radius 3 is 1.43 bits per heavy atom. The number of ether oxygens (including phenoxy) is 5. The van der Waals surface area contributed by atoms with Gasteiger partial charge in [-0.25, -0.2) is 19.2 Å². The summed E-state index contributed by atoms with van der Waals surface area (Å²) in [5, 5.41) is 17.0. The molecule has 6 aromatic rings. The van der Waals surface area contributed by atoms with E-state index in [1.807, 2.05) is 67.3 Å². The quantitative estimate of drug-likeness (QED) is 0.0796. The maximum Gasteiger partial charge on any atom is 0.411 e. The number of methoxy groups -OCH3 is 3. The number of amides is 2. The molecule has 2 fully saturated rings. The fourth-order valence-corrected chi connectivity index (χ4v) is 8.56. The maximum atomic E-state index is 12.3. The summed E-state index contributed by atoms with van der Waals surface area (Å²) in [5.74, 6) is -0.235. The smallest absolute Gasteiger partial charge is 0.411 e. The summed E-state index contributed by atoms with van der Waals surface area (Å²) in [4.78, 5) is 47.6. The predicted octanol–water partition coefficient (Wildman–Crippen LogP) is 10.0. The third-order valence-electron chi connectivity index (χ3n) is 11.8. The minimum Gasteiger partial charge on any atom is -0.496 e. The lowest BCUT2D eigenvalue weighted by Crippen LogP contribution is -2.20. The lowest BCUT2D eigenvalue weighted by atomic mass is 10.0. The van der Waals surface area contributed by atoms with Gasteiger partial charge in [-0.1, -0.05) is 12.1 Å². The summed E-state index contributed by atoms with van der Waals surface area (Å²) >= 11 is 0. The second-order valence-corrected chi connectivity index (χ2v) is 16.1. The number of aryl methyl sites for hydroxylation is 2. The zero-order valence-electron chi connectivity index (χ0n) is 36.3. The Balaban J connectivity index is 0.000000189. The Morgan fingerprint density at radius 1 is 0.587 bits per heavy atom. The van der Waals surface area contributed by atoms with Crippen molar-refractivity contribution in [1.29, 1.82) is 0 Å². The number of rotatable bonds is 12. The van der Waals surface area contributed by atoms with Crippen LogP contribution in [0.2, 0.25) is 0 Å². The Labute approximate surface area is 366 Å². The number of aromatic carboxylic acids is 1. The second-order valence-electron chi connectivity index (χ2n) is 16.1. The van der Waals surface area contributed by atoms with Crippen LogP contribution in [0, 0.1) is 0 Å². The minimum atomic E-state index is -0.991. The van der Waals surface area contributed by atoms with Gasteiger partial charge in [0.2, 0.25) is 0 Å². The molecule has 14 heteroatoms. The first-order chi connectivity index (χ1) is 30.4. The number of aromatic nitrogens is 2. The Morgan fingerprint density at radius 2 is 1.02 bits per heavy atom. The van der Waals surface area contributed by atoms with Crippen molar-refractivity contribution in [1.82, 2.24) is 9.13 Å². The first-order valence-corrected chi connectivity index (χ1v) is 21.2. The Bertz CT molecular complexity index is 2630. The van der Waals surface area contributed by atoms with Gasteiger partial charge < -0.3 is 37.9 Å². The highest BCUT2D eigenvalue weighted by molar-refractivity contribution is 5.94. The average molecular weight is 859 g/mol. The molecule has 63 heavy (non-hydrogen) atoms. The van der Waals surface area contributed by atoms with E-state index in [2.05, 4.69) is 21.4 Å². The SMILES string of the molecule is COC(=O)c1ccc(Cc2cn(C)c3ccc(NC(=O)OC4CCCC4)cc23)c(OC)c1.COc1cc(C(=O)O)ccc1Cc1cn(C)c2ccc(NC(=O)OC3CCCC3)cc12. The molecule has 2 amide bonds. The van der Waals surface area contributed by atoms with Crippen LogP contribution >= 0.6 is 0 Å². The molecule has 2 heterocycles. The molecule has 0 radical (unpaired) electrons. The fourth-order valence-electron chi connectivity index (χ4n) is 8.56. The van der Waals surface area contributed by atoms with Gasteiger partial charge >= 0.3 is 24.1 Å². The largest absolute Gasteiger partial charge is 0.496 e. The van der Waals surface area contributed by atoms with E-state index in [-0.39, 0.29) is 17.8 Å². The Hall–Kier alpha value is -6.96. The van der Waals surface area contributed by atoms with Gasteiger partial charge in [-0.2, -0.15) is 0 Å². The molecule has 2 aromatic heterocycles. The van der Waals surface area contributed by atoms with Crippen molar-refractivity contribution in [3.05, 3.63) is 119 Å². The molecule has 0 bridgehead atoms. The number of nitrogens with zero attached hydrogens (tertiary/aromatic N) is 2. The van der Waals surface area contributed by atoms with Crippen molar-refractivity contribution in [2.24, 2.45) is 14.1 Å². The molecule has 8 rings (SSSR count). The molecule has 330 valence electrons. The predicted molar refractivity (Wildman–Crippen MR) is 240 cm³/mol. The van der Waals surface area contributed by atoms with E-state index in [9.17, 15) is 24.3 Å². The first-order valence-electron chi connectivity index (χ1n) is 21.2. The van der Waals surface area contributed by atoms with Gasteiger partial charge in [-0.05, 0) is 134 Å². The van der Waals surface area contributed by atoms with Crippen molar-refractivity contribution >= 4 is 57.3 Å². The number of carbonyl (C=O) groups is 4. The fraction of sp³-hybridized carbons (Fsp3) is 0.347. The summed E-state index contributed by atoms with van der Waals surface area (Å²) in [6.07, 6.45) is 12.6. The van der Waals surface area contributed by atoms with E-state index in [4.69, 9.17) is 23.7 Å². The van der Waals surface area contributed by atoms with Gasteiger partial charge in [0.05, 0.1) is 32.5 Å². The van der Waals surface area contributed by atoms with Crippen LogP contribution in [0.25, 0.3) is 21.8 Å². The number of esters is 1. The first kappa shape index (κ1) is 44.1. The molecule has 2 aliphatic rings. The topological polar surface area (TPSA) is 169 Å². The summed E-state index contributed by atoms with van der Waals surface area (Å²) < 4.78 is 30.9. The van der Waals surface area contributed by atoms with Gasteiger partial charge in [0.25, 0.3) is 0 Å². The van der Waals surface area contributed by atoms with Gasteiger partial charge in [0.1, 0.15) is 23.7 Å². The molecule has 0 atom stereocenters. The van der Waals surface area contributed by atoms with E-state index in [0.29, 0.717) is 41.3 Å². The third-order valence-corrected chi connectivity index (χ3v) is 11.8. The molecular weight excluding hydrogens is 805 g/mol. The zero-order valence-corrected chi connectivity index (χ0v) is 36.3. The van der Waals surface area contributed by atoms with Crippen LogP contribution in [0.1, 0.15) is 94.3 Å². The van der Waals surface area contributed by atoms with Crippen molar-refractivity contribution in [3.8, 4) is 11.5 Å². The number of benzene rings is 4. The van der Waals surface area contributed by atoms with E-state index >= 15 is 0 Å². The zero-order chi connectivity index (χ0) is 44.6. The van der Waals surface area contributed by atoms with Crippen LogP contribution in [0.3, 0.4) is 0 Å². The maximum absolute atomic E-state index is 12.3. The molecule has 0 unspecified atom stereocenters. The summed E-state index contributed by atoms with van der Waals surface area (Å²) in [7, 11) is 8.43. The van der Waals surface area contributed by atoms with Crippen LogP contribution in [-0.2, 0) is 41.1 Å². The lowest BCUT2D eigenvalue weighted by molar-refractivity contribution is 0.0599. The summed E-state index contributed by atoms with van der Waals surface area (Å²) in [6.45, 7) is 0. The second kappa shape index (κ2) is 19.8. The van der Waals surface area contributed by atoms with Crippen LogP contribution in [0.5, 0.6) is 11.5 Å². The van der Waals surface area contributed by atoms with E-state index in [1.165, 1.54) is 20.3 Å². The van der Waals surface area contributed by atoms with E-state index in [1.54, 1.807) is 31.4 Å². The van der Waals surface area contributed by atoms with Crippen LogP contribution in [-0.4, -0.2) is 71.9 Å². The summed E-state index contributed by atoms with van der Waals surface area (Å²) in [5.41, 5.74) is 8.06. The highest BCUT2D eigenvalue weighted by atomic mass is 16.6. The Kier molecular flexibility index (Phi) is 13.9. The van der Waals surface area contributed by atoms with Crippen LogP contribution in [0.4, 0.5) is 21.0 Å². The van der Waals surface area contributed by atoms with Crippen molar-refractivity contribution in [3.63, 3.8) is 0 Å². The van der Waals surface area contributed by atoms with Gasteiger partial charge in [-0.3, -0.25) is 10.6 Å². The lowest BCUT2D eigenvalue weighted by Gasteiger charge is -2.12. The number of anilines is 2. The minimum absolute atomic E-state index is 0.0113. The third kappa shape index (κ3) is 10.6. The van der Waals surface area contributed by atoms with Crippen LogP contribution < -0.4 is 20.1 Å². The monoisotopic (exact) mass is 858 g/mol. The van der Waals surface area contributed by atoms with Gasteiger partial charge in [-0.15, -0.1) is 0 Å². The van der Waals surface area contributed by atoms with Crippen LogP contribution in [0.15, 0.2) is 85.2 Å². The number of carboxylic acids is 1. The number of carbonyl (C=O) groups excluding carboxylic acids is 3. The number of carboxylic acid groups (broad SMARTS) is 1. The van der Waals surface area contributed by atoms with Gasteiger partial charge in [0, 0.05) is 72.5 Å². The van der Waals surface area contributed by atoms with E-state index < -0.39 is 24.1 Å². The molecule has 0 aliphatic heterocycles. The van der Waals surface area contributed by atoms with Gasteiger partial charge in [0.15, 0.2) is 0 Å². The number of hydrogen-bond donors (Lipinski definition) is 3. The molecule has 3 N–H and O–H groups in total. The molecular formula is C49H54N4O10. The van der Waals surface area contributed by atoms with Crippen molar-refractivity contribution in [2.75, 3.05) is 32.0 Å². The van der Waals surface area contributed by atoms with E-state index in [0.717, 1.165) is 95.4 Å². The summed E-state index contributed by atoms with van der Waals surface area (Å²) in [6, 6.07) is 21.8. The molecule has 0 spiro atoms. The highest BCUT2D eigenvalue weighted by Gasteiger charge is 2.22. The van der Waals surface area contributed by atoms with Crippen molar-refractivity contribution in [2.45, 2.75) is 76.4 Å². The van der Waals surface area contributed by atoms with Crippen molar-refractivity contribution < 1.29 is 48.0 Å². The number of fused-ring (bicyclic) bond motifs is 2.